The largest absolute Gasteiger partial charge is 0.481 e. The Hall–Kier alpha value is -1.64. The third kappa shape index (κ3) is 2.93. The summed E-state index contributed by atoms with van der Waals surface area (Å²) in [6.07, 6.45) is -3.11. The molecule has 6 nitrogen and oxygen atoms in total. The first-order chi connectivity index (χ1) is 7.84. The molecule has 0 aromatic carbocycles. The average molecular weight is 311 g/mol. The Labute approximate surface area is 102 Å². The molecule has 9 heteroatoms. The summed E-state index contributed by atoms with van der Waals surface area (Å²) >= 11 is 2.78. The van der Waals surface area contributed by atoms with Crippen molar-refractivity contribution < 1.29 is 23.6 Å². The van der Waals surface area contributed by atoms with Crippen LogP contribution in [0.2, 0.25) is 0 Å². The highest BCUT2D eigenvalue weighted by atomic mass is 79.9. The number of nitrogens with zero attached hydrogens (tertiary/aromatic N) is 2. The molecule has 92 valence electrons. The van der Waals surface area contributed by atoms with Gasteiger partial charge in [-0.2, -0.15) is 0 Å². The van der Waals surface area contributed by atoms with Crippen LogP contribution in [0.15, 0.2) is 10.7 Å². The van der Waals surface area contributed by atoms with Gasteiger partial charge in [0.1, 0.15) is 10.2 Å². The van der Waals surface area contributed by atoms with Crippen LogP contribution in [-0.2, 0) is 11.2 Å². The average Bonchev–Trinajstić information content (AvgIpc) is 2.15. The number of pyridine rings is 1. The van der Waals surface area contributed by atoms with Crippen molar-refractivity contribution in [3.8, 4) is 0 Å². The lowest BCUT2D eigenvalue weighted by atomic mass is 10.1. The summed E-state index contributed by atoms with van der Waals surface area (Å²) in [4.78, 5) is 23.6. The molecular formula is C8H5BrF2N2O4. The van der Waals surface area contributed by atoms with Crippen LogP contribution in [0.5, 0.6) is 0 Å². The highest BCUT2D eigenvalue weighted by Crippen LogP contribution is 2.34. The molecule has 0 saturated carbocycles. The molecule has 0 unspecified atom stereocenters. The van der Waals surface area contributed by atoms with Crippen molar-refractivity contribution in [2.24, 2.45) is 0 Å². The standard InChI is InChI=1S/C8H5BrF2N2O4/c9-4-2-12-6(8(10)11)3(1-5(14)15)7(4)13(16)17/h2,8H,1H2,(H,14,15). The van der Waals surface area contributed by atoms with Gasteiger partial charge in [-0.1, -0.05) is 0 Å². The first-order valence-electron chi connectivity index (χ1n) is 4.16. The lowest BCUT2D eigenvalue weighted by Crippen LogP contribution is -2.10. The van der Waals surface area contributed by atoms with Crippen molar-refractivity contribution in [1.29, 1.82) is 0 Å². The van der Waals surface area contributed by atoms with E-state index >= 15 is 0 Å². The monoisotopic (exact) mass is 310 g/mol. The van der Waals surface area contributed by atoms with Gasteiger partial charge in [-0.05, 0) is 15.9 Å². The van der Waals surface area contributed by atoms with Crippen LogP contribution in [0.25, 0.3) is 0 Å². The number of carboxylic acid groups (broad SMARTS) is 1. The lowest BCUT2D eigenvalue weighted by Gasteiger charge is -2.07. The highest BCUT2D eigenvalue weighted by Gasteiger charge is 2.28. The van der Waals surface area contributed by atoms with Crippen molar-refractivity contribution in [2.75, 3.05) is 0 Å². The SMILES string of the molecule is O=C(O)Cc1c(C(F)F)ncc(Br)c1[N+](=O)[O-]. The molecule has 0 amide bonds. The molecule has 1 heterocycles. The predicted molar refractivity (Wildman–Crippen MR) is 54.9 cm³/mol. The van der Waals surface area contributed by atoms with Gasteiger partial charge in [-0.3, -0.25) is 19.9 Å². The van der Waals surface area contributed by atoms with Crippen molar-refractivity contribution in [3.63, 3.8) is 0 Å². The fraction of sp³-hybridized carbons (Fsp3) is 0.250. The maximum atomic E-state index is 12.6. The summed E-state index contributed by atoms with van der Waals surface area (Å²) in [6.45, 7) is 0. The molecule has 0 aliphatic rings. The number of carboxylic acids is 1. The second-order valence-electron chi connectivity index (χ2n) is 2.95. The molecular weight excluding hydrogens is 306 g/mol. The number of aliphatic carboxylic acids is 1. The van der Waals surface area contributed by atoms with E-state index in [4.69, 9.17) is 5.11 Å². The molecule has 1 aromatic heterocycles. The zero-order valence-electron chi connectivity index (χ0n) is 8.06. The van der Waals surface area contributed by atoms with Gasteiger partial charge in [-0.15, -0.1) is 0 Å². The number of nitro groups is 1. The van der Waals surface area contributed by atoms with Crippen LogP contribution in [-0.4, -0.2) is 21.0 Å². The molecule has 1 aromatic rings. The second-order valence-corrected chi connectivity index (χ2v) is 3.80. The quantitative estimate of drug-likeness (QED) is 0.680. The van der Waals surface area contributed by atoms with E-state index in [2.05, 4.69) is 20.9 Å². The Morgan fingerprint density at radius 1 is 1.65 bits per heavy atom. The van der Waals surface area contributed by atoms with Gasteiger partial charge >= 0.3 is 5.97 Å². The van der Waals surface area contributed by atoms with Crippen LogP contribution in [0.4, 0.5) is 14.5 Å². The summed E-state index contributed by atoms with van der Waals surface area (Å²) < 4.78 is 25.0. The molecule has 0 aliphatic carbocycles. The van der Waals surface area contributed by atoms with Crippen LogP contribution < -0.4 is 0 Å². The van der Waals surface area contributed by atoms with Crippen molar-refractivity contribution >= 4 is 27.6 Å². The number of halogens is 3. The fourth-order valence-electron chi connectivity index (χ4n) is 1.24. The number of hydrogen-bond donors (Lipinski definition) is 1. The molecule has 0 radical (unpaired) electrons. The van der Waals surface area contributed by atoms with Gasteiger partial charge in [0.25, 0.3) is 12.1 Å². The van der Waals surface area contributed by atoms with Gasteiger partial charge in [0.2, 0.25) is 0 Å². The number of carbonyl (C=O) groups is 1. The minimum atomic E-state index is -3.07. The maximum Gasteiger partial charge on any atom is 0.308 e. The summed E-state index contributed by atoms with van der Waals surface area (Å²) in [6, 6.07) is 0. The van der Waals surface area contributed by atoms with Gasteiger partial charge in [0.15, 0.2) is 0 Å². The molecule has 0 saturated heterocycles. The number of aromatic nitrogens is 1. The molecule has 0 bridgehead atoms. The molecule has 1 N–H and O–H groups in total. The minimum absolute atomic E-state index is 0.136. The zero-order valence-corrected chi connectivity index (χ0v) is 9.65. The maximum absolute atomic E-state index is 12.6. The fourth-order valence-corrected chi connectivity index (χ4v) is 1.73. The molecule has 17 heavy (non-hydrogen) atoms. The van der Waals surface area contributed by atoms with E-state index in [1.54, 1.807) is 0 Å². The highest BCUT2D eigenvalue weighted by molar-refractivity contribution is 9.10. The topological polar surface area (TPSA) is 93.3 Å². The Balaban J connectivity index is 3.49. The Morgan fingerprint density at radius 2 is 2.24 bits per heavy atom. The van der Waals surface area contributed by atoms with Crippen LogP contribution in [0.3, 0.4) is 0 Å². The first kappa shape index (κ1) is 13.4. The van der Waals surface area contributed by atoms with E-state index in [1.165, 1.54) is 0 Å². The summed E-state index contributed by atoms with van der Waals surface area (Å²) in [5, 5.41) is 19.3. The Bertz CT molecular complexity index is 481. The summed E-state index contributed by atoms with van der Waals surface area (Å²) in [5.74, 6) is -1.45. The second kappa shape index (κ2) is 5.13. The Morgan fingerprint density at radius 3 is 2.65 bits per heavy atom. The van der Waals surface area contributed by atoms with Gasteiger partial charge < -0.3 is 5.11 Å². The van der Waals surface area contributed by atoms with Crippen LogP contribution in [0.1, 0.15) is 17.7 Å². The van der Waals surface area contributed by atoms with Gasteiger partial charge in [0, 0.05) is 6.20 Å². The molecule has 0 aliphatic heterocycles. The number of alkyl halides is 2. The van der Waals surface area contributed by atoms with Crippen molar-refractivity contribution in [2.45, 2.75) is 12.8 Å². The third-order valence-corrected chi connectivity index (χ3v) is 2.44. The van der Waals surface area contributed by atoms with E-state index < -0.39 is 40.7 Å². The van der Waals surface area contributed by atoms with Crippen LogP contribution in [0, 0.1) is 10.1 Å². The predicted octanol–water partition coefficient (Wildman–Crippen LogP) is 2.32. The van der Waals surface area contributed by atoms with E-state index in [-0.39, 0.29) is 4.47 Å². The summed E-state index contributed by atoms with van der Waals surface area (Å²) in [7, 11) is 0. The smallest absolute Gasteiger partial charge is 0.308 e. The van der Waals surface area contributed by atoms with E-state index in [0.717, 1.165) is 6.20 Å². The summed E-state index contributed by atoms with van der Waals surface area (Å²) in [5.41, 5.74) is -2.17. The van der Waals surface area contributed by atoms with Crippen LogP contribution >= 0.6 is 15.9 Å². The Kier molecular flexibility index (Phi) is 4.05. The minimum Gasteiger partial charge on any atom is -0.481 e. The van der Waals surface area contributed by atoms with Gasteiger partial charge in [-0.25, -0.2) is 8.78 Å². The number of rotatable bonds is 4. The molecule has 1 rings (SSSR count). The van der Waals surface area contributed by atoms with Crippen molar-refractivity contribution in [3.05, 3.63) is 32.0 Å². The van der Waals surface area contributed by atoms with Crippen molar-refractivity contribution in [1.82, 2.24) is 4.98 Å². The number of hydrogen-bond acceptors (Lipinski definition) is 4. The van der Waals surface area contributed by atoms with E-state index in [9.17, 15) is 23.7 Å². The lowest BCUT2D eigenvalue weighted by molar-refractivity contribution is -0.386. The zero-order chi connectivity index (χ0) is 13.2. The first-order valence-corrected chi connectivity index (χ1v) is 4.95. The van der Waals surface area contributed by atoms with E-state index in [1.807, 2.05) is 0 Å². The molecule has 0 spiro atoms. The molecule has 0 atom stereocenters. The third-order valence-electron chi connectivity index (χ3n) is 1.86. The molecule has 0 fully saturated rings. The normalized spacial score (nSPS) is 10.6. The van der Waals surface area contributed by atoms with Gasteiger partial charge in [0.05, 0.1) is 16.9 Å². The van der Waals surface area contributed by atoms with E-state index in [0.29, 0.717) is 0 Å².